The van der Waals surface area contributed by atoms with Gasteiger partial charge >= 0.3 is 0 Å². The van der Waals surface area contributed by atoms with Crippen LogP contribution in [-0.4, -0.2) is 23.9 Å². The molecule has 1 heterocycles. The maximum absolute atomic E-state index is 12.7. The maximum atomic E-state index is 12.7. The summed E-state index contributed by atoms with van der Waals surface area (Å²) in [4.78, 5) is 26.6. The molecule has 0 aliphatic carbocycles. The Bertz CT molecular complexity index is 877. The van der Waals surface area contributed by atoms with Gasteiger partial charge in [0.15, 0.2) is 11.5 Å². The molecule has 1 saturated heterocycles. The molecule has 0 bridgehead atoms. The van der Waals surface area contributed by atoms with E-state index in [1.54, 1.807) is 30.3 Å². The van der Waals surface area contributed by atoms with Gasteiger partial charge in [-0.2, -0.15) is 0 Å². The number of hydrogen-bond acceptors (Lipinski definition) is 5. The highest BCUT2D eigenvalue weighted by atomic mass is 32.2. The summed E-state index contributed by atoms with van der Waals surface area (Å²) in [5, 5.41) is -0.303. The lowest BCUT2D eigenvalue weighted by molar-refractivity contribution is -0.113. The van der Waals surface area contributed by atoms with E-state index < -0.39 is 0 Å². The minimum atomic E-state index is -0.323. The molecule has 2 amide bonds. The van der Waals surface area contributed by atoms with E-state index in [9.17, 15) is 9.59 Å². The van der Waals surface area contributed by atoms with Crippen molar-refractivity contribution in [2.45, 2.75) is 26.9 Å². The van der Waals surface area contributed by atoms with Gasteiger partial charge in [0.2, 0.25) is 0 Å². The first-order chi connectivity index (χ1) is 13.0. The fourth-order valence-electron chi connectivity index (χ4n) is 2.65. The third kappa shape index (κ3) is 4.34. The van der Waals surface area contributed by atoms with E-state index in [1.807, 2.05) is 45.0 Å². The van der Waals surface area contributed by atoms with E-state index >= 15 is 0 Å². The molecule has 3 rings (SSSR count). The van der Waals surface area contributed by atoms with Crippen molar-refractivity contribution >= 4 is 34.7 Å². The van der Waals surface area contributed by atoms with Crippen LogP contribution in [0.15, 0.2) is 53.4 Å². The predicted molar refractivity (Wildman–Crippen MR) is 108 cm³/mol. The average Bonchev–Trinajstić information content (AvgIpc) is 2.91. The van der Waals surface area contributed by atoms with E-state index in [2.05, 4.69) is 0 Å². The summed E-state index contributed by atoms with van der Waals surface area (Å²) >= 11 is 0.932. The molecule has 5 nitrogen and oxygen atoms in total. The number of amides is 2. The normalized spacial score (nSPS) is 15.7. The molecule has 140 valence electrons. The van der Waals surface area contributed by atoms with Crippen LogP contribution in [0.1, 0.15) is 26.3 Å². The van der Waals surface area contributed by atoms with Crippen LogP contribution in [0.5, 0.6) is 11.5 Å². The van der Waals surface area contributed by atoms with E-state index in [4.69, 9.17) is 9.47 Å². The average molecular weight is 383 g/mol. The Morgan fingerprint density at radius 1 is 1.07 bits per heavy atom. The first kappa shape index (κ1) is 19.0. The fraction of sp³-hybridized carbons (Fsp3) is 0.238. The standard InChI is InChI=1S/C21H21NO4S/c1-4-25-18-12-15(10-11-17(18)26-14(2)3)13-19-20(23)22(21(24)27-19)16-8-6-5-7-9-16/h5-14H,4H2,1-3H3/b19-13-. The molecule has 27 heavy (non-hydrogen) atoms. The van der Waals surface area contributed by atoms with Crippen molar-refractivity contribution in [1.29, 1.82) is 0 Å². The molecule has 0 spiro atoms. The zero-order chi connectivity index (χ0) is 19.4. The van der Waals surface area contributed by atoms with Gasteiger partial charge in [-0.3, -0.25) is 9.59 Å². The van der Waals surface area contributed by atoms with Crippen molar-refractivity contribution in [3.05, 3.63) is 59.0 Å². The number of hydrogen-bond donors (Lipinski definition) is 0. The quantitative estimate of drug-likeness (QED) is 0.649. The second-order valence-electron chi connectivity index (χ2n) is 6.16. The largest absolute Gasteiger partial charge is 0.490 e. The highest BCUT2D eigenvalue weighted by molar-refractivity contribution is 8.19. The zero-order valence-electron chi connectivity index (χ0n) is 15.5. The summed E-state index contributed by atoms with van der Waals surface area (Å²) in [6.45, 7) is 6.30. The van der Waals surface area contributed by atoms with Crippen molar-refractivity contribution in [2.24, 2.45) is 0 Å². The smallest absolute Gasteiger partial charge is 0.298 e. The van der Waals surface area contributed by atoms with Gasteiger partial charge in [0.1, 0.15) is 0 Å². The molecule has 2 aromatic carbocycles. The Morgan fingerprint density at radius 2 is 1.81 bits per heavy atom. The minimum Gasteiger partial charge on any atom is -0.490 e. The van der Waals surface area contributed by atoms with Gasteiger partial charge in [-0.15, -0.1) is 0 Å². The van der Waals surface area contributed by atoms with Crippen molar-refractivity contribution in [2.75, 3.05) is 11.5 Å². The van der Waals surface area contributed by atoms with Gasteiger partial charge in [-0.25, -0.2) is 4.90 Å². The maximum Gasteiger partial charge on any atom is 0.298 e. The number of carbonyl (C=O) groups excluding carboxylic acids is 2. The Kier molecular flexibility index (Phi) is 5.86. The van der Waals surface area contributed by atoms with Crippen molar-refractivity contribution < 1.29 is 19.1 Å². The van der Waals surface area contributed by atoms with Crippen LogP contribution < -0.4 is 14.4 Å². The molecular formula is C21H21NO4S. The number of imide groups is 1. The molecule has 0 radical (unpaired) electrons. The Morgan fingerprint density at radius 3 is 2.48 bits per heavy atom. The monoisotopic (exact) mass is 383 g/mol. The SMILES string of the molecule is CCOc1cc(/C=C2\SC(=O)N(c3ccccc3)C2=O)ccc1OC(C)C. The van der Waals surface area contributed by atoms with Crippen LogP contribution in [0.2, 0.25) is 0 Å². The summed E-state index contributed by atoms with van der Waals surface area (Å²) < 4.78 is 11.4. The number of thioether (sulfide) groups is 1. The Labute approximate surface area is 163 Å². The first-order valence-corrected chi connectivity index (χ1v) is 9.57. The summed E-state index contributed by atoms with van der Waals surface area (Å²) in [5.74, 6) is 0.945. The van der Waals surface area contributed by atoms with Crippen LogP contribution in [0.3, 0.4) is 0 Å². The van der Waals surface area contributed by atoms with Gasteiger partial charge in [-0.05, 0) is 68.4 Å². The van der Waals surface area contributed by atoms with Crippen LogP contribution >= 0.6 is 11.8 Å². The summed E-state index contributed by atoms with van der Waals surface area (Å²) in [6.07, 6.45) is 1.73. The summed E-state index contributed by atoms with van der Waals surface area (Å²) in [7, 11) is 0. The summed E-state index contributed by atoms with van der Waals surface area (Å²) in [5.41, 5.74) is 1.34. The van der Waals surface area contributed by atoms with Crippen LogP contribution in [-0.2, 0) is 4.79 Å². The predicted octanol–water partition coefficient (Wildman–Crippen LogP) is 5.11. The molecule has 0 saturated carbocycles. The van der Waals surface area contributed by atoms with E-state index in [0.717, 1.165) is 17.3 Å². The second-order valence-corrected chi connectivity index (χ2v) is 7.15. The molecule has 0 atom stereocenters. The number of rotatable bonds is 6. The third-order valence-electron chi connectivity index (χ3n) is 3.74. The van der Waals surface area contributed by atoms with Crippen molar-refractivity contribution in [3.63, 3.8) is 0 Å². The van der Waals surface area contributed by atoms with Gasteiger partial charge < -0.3 is 9.47 Å². The Balaban J connectivity index is 1.89. The lowest BCUT2D eigenvalue weighted by Crippen LogP contribution is -2.27. The lowest BCUT2D eigenvalue weighted by atomic mass is 10.1. The molecule has 1 aliphatic rings. The van der Waals surface area contributed by atoms with Crippen LogP contribution in [0, 0.1) is 0 Å². The number of ether oxygens (including phenoxy) is 2. The van der Waals surface area contributed by atoms with Crippen LogP contribution in [0.25, 0.3) is 6.08 Å². The number of para-hydroxylation sites is 1. The molecule has 0 unspecified atom stereocenters. The number of benzene rings is 2. The minimum absolute atomic E-state index is 0.0254. The summed E-state index contributed by atoms with van der Waals surface area (Å²) in [6, 6.07) is 14.4. The van der Waals surface area contributed by atoms with E-state index in [-0.39, 0.29) is 17.3 Å². The number of anilines is 1. The van der Waals surface area contributed by atoms with Crippen molar-refractivity contribution in [1.82, 2.24) is 0 Å². The van der Waals surface area contributed by atoms with E-state index in [0.29, 0.717) is 28.7 Å². The van der Waals surface area contributed by atoms with Crippen molar-refractivity contribution in [3.8, 4) is 11.5 Å². The fourth-order valence-corrected chi connectivity index (χ4v) is 3.49. The van der Waals surface area contributed by atoms with Gasteiger partial charge in [-0.1, -0.05) is 24.3 Å². The van der Waals surface area contributed by atoms with Crippen LogP contribution in [0.4, 0.5) is 10.5 Å². The van der Waals surface area contributed by atoms with E-state index in [1.165, 1.54) is 4.90 Å². The molecule has 1 aliphatic heterocycles. The molecule has 6 heteroatoms. The highest BCUT2D eigenvalue weighted by Crippen LogP contribution is 2.37. The zero-order valence-corrected chi connectivity index (χ0v) is 16.3. The third-order valence-corrected chi connectivity index (χ3v) is 4.61. The molecule has 0 N–H and O–H groups in total. The second kappa shape index (κ2) is 8.31. The van der Waals surface area contributed by atoms with Gasteiger partial charge in [0, 0.05) is 0 Å². The number of nitrogens with zero attached hydrogens (tertiary/aromatic N) is 1. The Hall–Kier alpha value is -2.73. The lowest BCUT2D eigenvalue weighted by Gasteiger charge is -2.15. The topological polar surface area (TPSA) is 55.8 Å². The molecular weight excluding hydrogens is 362 g/mol. The molecule has 1 fully saturated rings. The van der Waals surface area contributed by atoms with Gasteiger partial charge in [0.25, 0.3) is 11.1 Å². The molecule has 2 aromatic rings. The first-order valence-electron chi connectivity index (χ1n) is 8.76. The highest BCUT2D eigenvalue weighted by Gasteiger charge is 2.36. The van der Waals surface area contributed by atoms with Gasteiger partial charge in [0.05, 0.1) is 23.3 Å². The molecule has 0 aromatic heterocycles. The number of carbonyl (C=O) groups is 2.